The van der Waals surface area contributed by atoms with Crippen LogP contribution in [0, 0.1) is 6.92 Å². The van der Waals surface area contributed by atoms with Gasteiger partial charge in [0, 0.05) is 11.6 Å². The van der Waals surface area contributed by atoms with Gasteiger partial charge in [-0.15, -0.1) is 0 Å². The molecule has 0 aliphatic heterocycles. The highest BCUT2D eigenvalue weighted by molar-refractivity contribution is 6.31. The minimum atomic E-state index is 0.556. The molecule has 4 nitrogen and oxygen atoms in total. The minimum absolute atomic E-state index is 0.556. The predicted octanol–water partition coefficient (Wildman–Crippen LogP) is 4.22. The van der Waals surface area contributed by atoms with Crippen molar-refractivity contribution < 1.29 is 4.74 Å². The van der Waals surface area contributed by atoms with Crippen LogP contribution in [0.2, 0.25) is 5.02 Å². The summed E-state index contributed by atoms with van der Waals surface area (Å²) >= 11 is 6.11. The summed E-state index contributed by atoms with van der Waals surface area (Å²) in [6.45, 7) is 6.82. The van der Waals surface area contributed by atoms with Crippen LogP contribution in [0.15, 0.2) is 24.5 Å². The number of rotatable bonds is 5. The molecule has 0 fully saturated rings. The van der Waals surface area contributed by atoms with E-state index in [1.165, 1.54) is 6.33 Å². The van der Waals surface area contributed by atoms with E-state index in [0.29, 0.717) is 5.88 Å². The molecule has 2 rings (SSSR count). The van der Waals surface area contributed by atoms with Crippen LogP contribution in [0.5, 0.6) is 11.6 Å². The lowest BCUT2D eigenvalue weighted by atomic mass is 10.1. The van der Waals surface area contributed by atoms with Crippen molar-refractivity contribution in [1.29, 1.82) is 0 Å². The van der Waals surface area contributed by atoms with Gasteiger partial charge in [-0.05, 0) is 44.0 Å². The highest BCUT2D eigenvalue weighted by Gasteiger charge is 2.09. The zero-order chi connectivity index (χ0) is 14.5. The molecule has 1 aromatic heterocycles. The smallest absolute Gasteiger partial charge is 0.227 e. The molecule has 0 spiro atoms. The second kappa shape index (κ2) is 6.57. The van der Waals surface area contributed by atoms with Gasteiger partial charge in [0.15, 0.2) is 0 Å². The van der Waals surface area contributed by atoms with Gasteiger partial charge in [0.25, 0.3) is 0 Å². The first-order chi connectivity index (χ1) is 9.65. The summed E-state index contributed by atoms with van der Waals surface area (Å²) in [5.41, 5.74) is 1.95. The molecule has 20 heavy (non-hydrogen) atoms. The van der Waals surface area contributed by atoms with Gasteiger partial charge in [-0.25, -0.2) is 9.97 Å². The Labute approximate surface area is 124 Å². The normalized spacial score (nSPS) is 10.4. The summed E-state index contributed by atoms with van der Waals surface area (Å²) in [6.07, 6.45) is 2.36. The van der Waals surface area contributed by atoms with Crippen molar-refractivity contribution in [2.75, 3.05) is 11.9 Å². The van der Waals surface area contributed by atoms with Gasteiger partial charge in [0.05, 0.1) is 5.56 Å². The van der Waals surface area contributed by atoms with Crippen molar-refractivity contribution in [3.63, 3.8) is 0 Å². The molecule has 2 aromatic rings. The molecule has 0 amide bonds. The first-order valence-corrected chi connectivity index (χ1v) is 7.05. The number of aryl methyl sites for hydroxylation is 1. The minimum Gasteiger partial charge on any atom is -0.439 e. The second-order valence-corrected chi connectivity index (χ2v) is 4.80. The van der Waals surface area contributed by atoms with Gasteiger partial charge in [0.1, 0.15) is 17.9 Å². The van der Waals surface area contributed by atoms with Crippen LogP contribution >= 0.6 is 11.6 Å². The van der Waals surface area contributed by atoms with E-state index in [2.05, 4.69) is 22.2 Å². The molecule has 0 radical (unpaired) electrons. The van der Waals surface area contributed by atoms with Gasteiger partial charge < -0.3 is 10.1 Å². The first kappa shape index (κ1) is 14.6. The van der Waals surface area contributed by atoms with E-state index in [9.17, 15) is 0 Å². The summed E-state index contributed by atoms with van der Waals surface area (Å²) in [4.78, 5) is 8.38. The number of ether oxygens (including phenoxy) is 1. The first-order valence-electron chi connectivity index (χ1n) is 6.67. The molecular weight excluding hydrogens is 274 g/mol. The molecule has 0 bridgehead atoms. The Bertz CT molecular complexity index is 602. The summed E-state index contributed by atoms with van der Waals surface area (Å²) in [5, 5.41) is 3.94. The van der Waals surface area contributed by atoms with Gasteiger partial charge in [-0.2, -0.15) is 0 Å². The number of benzene rings is 1. The Morgan fingerprint density at radius 1 is 1.25 bits per heavy atom. The van der Waals surface area contributed by atoms with Crippen molar-refractivity contribution in [1.82, 2.24) is 9.97 Å². The fourth-order valence-electron chi connectivity index (χ4n) is 1.88. The van der Waals surface area contributed by atoms with Crippen LogP contribution in [0.4, 0.5) is 5.82 Å². The Kier molecular flexibility index (Phi) is 4.79. The molecule has 0 saturated carbocycles. The van der Waals surface area contributed by atoms with E-state index in [4.69, 9.17) is 16.3 Å². The lowest BCUT2D eigenvalue weighted by Crippen LogP contribution is -2.03. The van der Waals surface area contributed by atoms with Crippen LogP contribution in [0.25, 0.3) is 0 Å². The molecule has 0 aliphatic carbocycles. The zero-order valence-corrected chi connectivity index (χ0v) is 12.7. The summed E-state index contributed by atoms with van der Waals surface area (Å²) in [5.74, 6) is 2.08. The summed E-state index contributed by atoms with van der Waals surface area (Å²) < 4.78 is 5.84. The van der Waals surface area contributed by atoms with E-state index in [1.807, 2.05) is 32.0 Å². The number of halogens is 1. The molecule has 106 valence electrons. The van der Waals surface area contributed by atoms with E-state index < -0.39 is 0 Å². The Morgan fingerprint density at radius 3 is 2.75 bits per heavy atom. The lowest BCUT2D eigenvalue weighted by molar-refractivity contribution is 0.457. The number of hydrogen-bond acceptors (Lipinski definition) is 4. The van der Waals surface area contributed by atoms with Gasteiger partial charge >= 0.3 is 0 Å². The van der Waals surface area contributed by atoms with E-state index in [1.54, 1.807) is 0 Å². The zero-order valence-electron chi connectivity index (χ0n) is 11.9. The summed E-state index contributed by atoms with van der Waals surface area (Å²) in [6, 6.07) is 5.63. The van der Waals surface area contributed by atoms with Crippen molar-refractivity contribution in [3.8, 4) is 11.6 Å². The monoisotopic (exact) mass is 291 g/mol. The molecular formula is C15H18ClN3O. The van der Waals surface area contributed by atoms with Crippen molar-refractivity contribution >= 4 is 17.4 Å². The number of nitrogens with zero attached hydrogens (tertiary/aromatic N) is 2. The lowest BCUT2D eigenvalue weighted by Gasteiger charge is -2.12. The van der Waals surface area contributed by atoms with E-state index in [-0.39, 0.29) is 0 Å². The fourth-order valence-corrected chi connectivity index (χ4v) is 2.13. The third kappa shape index (κ3) is 3.20. The standard InChI is InChI=1S/C15H18ClN3O/c1-4-11-8-12(6-7-13(11)16)20-15-10(3)14(17-5-2)18-9-19-15/h6-9H,4-5H2,1-3H3,(H,17,18,19). The largest absolute Gasteiger partial charge is 0.439 e. The maximum Gasteiger partial charge on any atom is 0.227 e. The highest BCUT2D eigenvalue weighted by atomic mass is 35.5. The molecule has 5 heteroatoms. The maximum absolute atomic E-state index is 6.11. The van der Waals surface area contributed by atoms with E-state index >= 15 is 0 Å². The number of aromatic nitrogens is 2. The average molecular weight is 292 g/mol. The fraction of sp³-hybridized carbons (Fsp3) is 0.333. The predicted molar refractivity (Wildman–Crippen MR) is 81.8 cm³/mol. The Morgan fingerprint density at radius 2 is 2.05 bits per heavy atom. The molecule has 0 saturated heterocycles. The highest BCUT2D eigenvalue weighted by Crippen LogP contribution is 2.29. The number of nitrogens with one attached hydrogen (secondary N) is 1. The van der Waals surface area contributed by atoms with E-state index in [0.717, 1.165) is 40.7 Å². The van der Waals surface area contributed by atoms with Gasteiger partial charge in [0.2, 0.25) is 5.88 Å². The van der Waals surface area contributed by atoms with Crippen LogP contribution in [-0.2, 0) is 6.42 Å². The topological polar surface area (TPSA) is 47.0 Å². The van der Waals surface area contributed by atoms with Crippen LogP contribution in [0.1, 0.15) is 25.0 Å². The van der Waals surface area contributed by atoms with Crippen LogP contribution in [-0.4, -0.2) is 16.5 Å². The van der Waals surface area contributed by atoms with Crippen molar-refractivity contribution in [2.24, 2.45) is 0 Å². The third-order valence-corrected chi connectivity index (χ3v) is 3.36. The van der Waals surface area contributed by atoms with Gasteiger partial charge in [-0.1, -0.05) is 18.5 Å². The van der Waals surface area contributed by atoms with Crippen molar-refractivity contribution in [3.05, 3.63) is 40.7 Å². The number of anilines is 1. The Balaban J connectivity index is 2.28. The maximum atomic E-state index is 6.11. The summed E-state index contributed by atoms with van der Waals surface area (Å²) in [7, 11) is 0. The number of hydrogen-bond donors (Lipinski definition) is 1. The van der Waals surface area contributed by atoms with Gasteiger partial charge in [-0.3, -0.25) is 0 Å². The molecule has 0 unspecified atom stereocenters. The van der Waals surface area contributed by atoms with Crippen LogP contribution < -0.4 is 10.1 Å². The molecule has 0 atom stereocenters. The van der Waals surface area contributed by atoms with Crippen LogP contribution in [0.3, 0.4) is 0 Å². The second-order valence-electron chi connectivity index (χ2n) is 4.39. The SMILES string of the molecule is CCNc1ncnc(Oc2ccc(Cl)c(CC)c2)c1C. The third-order valence-electron chi connectivity index (χ3n) is 2.99. The molecule has 0 aliphatic rings. The Hall–Kier alpha value is -1.81. The average Bonchev–Trinajstić information content (AvgIpc) is 2.45. The quantitative estimate of drug-likeness (QED) is 0.896. The molecule has 1 aromatic carbocycles. The molecule has 1 N–H and O–H groups in total. The van der Waals surface area contributed by atoms with Crippen molar-refractivity contribution in [2.45, 2.75) is 27.2 Å². The molecule has 1 heterocycles.